The lowest BCUT2D eigenvalue weighted by atomic mass is 10.1. The van der Waals surface area contributed by atoms with Crippen LogP contribution < -0.4 is 15.4 Å². The Bertz CT molecular complexity index is 553. The molecule has 0 radical (unpaired) electrons. The first-order valence-electron chi connectivity index (χ1n) is 10.1. The van der Waals surface area contributed by atoms with Gasteiger partial charge in [0.25, 0.3) is 0 Å². The van der Waals surface area contributed by atoms with Crippen molar-refractivity contribution in [1.82, 2.24) is 15.5 Å². The number of nitrogens with one attached hydrogen (secondary N) is 2. The Morgan fingerprint density at radius 3 is 2.57 bits per heavy atom. The highest BCUT2D eigenvalue weighted by atomic mass is 127. The lowest BCUT2D eigenvalue weighted by Crippen LogP contribution is -2.42. The van der Waals surface area contributed by atoms with Gasteiger partial charge in [0.05, 0.1) is 19.8 Å². The Labute approximate surface area is 188 Å². The highest BCUT2D eigenvalue weighted by Crippen LogP contribution is 2.19. The predicted octanol–water partition coefficient (Wildman–Crippen LogP) is 3.41. The maximum Gasteiger partial charge on any atom is 0.191 e. The van der Waals surface area contributed by atoms with Crippen molar-refractivity contribution in [2.24, 2.45) is 4.99 Å². The number of ether oxygens (including phenoxy) is 1. The van der Waals surface area contributed by atoms with Gasteiger partial charge in [-0.2, -0.15) is 0 Å². The number of aliphatic hydroxyl groups is 1. The third-order valence-electron chi connectivity index (χ3n) is 4.63. The molecule has 0 fully saturated rings. The smallest absolute Gasteiger partial charge is 0.191 e. The van der Waals surface area contributed by atoms with E-state index in [1.54, 1.807) is 7.11 Å². The summed E-state index contributed by atoms with van der Waals surface area (Å²) in [5, 5.41) is 17.1. The molecule has 0 saturated carbocycles. The summed E-state index contributed by atoms with van der Waals surface area (Å²) in [6.07, 6.45) is 1.58. The van der Waals surface area contributed by atoms with Crippen LogP contribution in [0.3, 0.4) is 0 Å². The fourth-order valence-electron chi connectivity index (χ4n) is 2.92. The van der Waals surface area contributed by atoms with Crippen LogP contribution in [-0.2, 0) is 0 Å². The summed E-state index contributed by atoms with van der Waals surface area (Å²) in [7, 11) is 1.62. The average molecular weight is 506 g/mol. The summed E-state index contributed by atoms with van der Waals surface area (Å²) in [6, 6.07) is 7.80. The number of halogens is 1. The van der Waals surface area contributed by atoms with Crippen LogP contribution in [0.4, 0.5) is 0 Å². The normalized spacial score (nSPS) is 13.6. The number of hydrogen-bond donors (Lipinski definition) is 3. The van der Waals surface area contributed by atoms with Crippen molar-refractivity contribution < 1.29 is 9.84 Å². The van der Waals surface area contributed by atoms with Gasteiger partial charge in [-0.1, -0.05) is 26.0 Å². The standard InChI is InChI=1S/C21H38N4O2.HI/c1-6-22-21(24-17(4)11-10-14-25(7-2)8-3)23-16-20(26)18-12-9-13-19(15-18)27-5;/h9,12-13,15,17,20,26H,6-8,10-11,14,16H2,1-5H3,(H2,22,23,24);1H. The van der Waals surface area contributed by atoms with Crippen molar-refractivity contribution in [2.75, 3.05) is 39.8 Å². The van der Waals surface area contributed by atoms with Crippen LogP contribution >= 0.6 is 24.0 Å². The molecule has 2 unspecified atom stereocenters. The fourth-order valence-corrected chi connectivity index (χ4v) is 2.92. The lowest BCUT2D eigenvalue weighted by molar-refractivity contribution is 0.186. The molecule has 0 aromatic heterocycles. The Hall–Kier alpha value is -1.06. The molecule has 0 spiro atoms. The third-order valence-corrected chi connectivity index (χ3v) is 4.63. The number of aliphatic hydroxyl groups excluding tert-OH is 1. The van der Waals surface area contributed by atoms with Gasteiger partial charge < -0.3 is 25.4 Å². The maximum atomic E-state index is 10.4. The third kappa shape index (κ3) is 10.5. The van der Waals surface area contributed by atoms with Crippen LogP contribution in [0.1, 0.15) is 52.2 Å². The van der Waals surface area contributed by atoms with E-state index in [1.165, 1.54) is 0 Å². The van der Waals surface area contributed by atoms with Crippen molar-refractivity contribution in [2.45, 2.75) is 52.7 Å². The summed E-state index contributed by atoms with van der Waals surface area (Å²) in [5.41, 5.74) is 0.807. The minimum Gasteiger partial charge on any atom is -0.497 e. The number of benzene rings is 1. The lowest BCUT2D eigenvalue weighted by Gasteiger charge is -2.21. The summed E-state index contributed by atoms with van der Waals surface area (Å²) in [4.78, 5) is 6.99. The van der Waals surface area contributed by atoms with Crippen molar-refractivity contribution in [1.29, 1.82) is 0 Å². The van der Waals surface area contributed by atoms with E-state index in [-0.39, 0.29) is 24.0 Å². The number of rotatable bonds is 12. The second-order valence-corrected chi connectivity index (χ2v) is 6.73. The molecule has 0 saturated heterocycles. The van der Waals surface area contributed by atoms with E-state index in [0.717, 1.165) is 56.3 Å². The van der Waals surface area contributed by atoms with Crippen molar-refractivity contribution in [3.8, 4) is 5.75 Å². The molecule has 0 aliphatic carbocycles. The minimum absolute atomic E-state index is 0. The van der Waals surface area contributed by atoms with E-state index in [9.17, 15) is 5.11 Å². The van der Waals surface area contributed by atoms with Crippen molar-refractivity contribution in [3.63, 3.8) is 0 Å². The van der Waals surface area contributed by atoms with Gasteiger partial charge in [-0.25, -0.2) is 0 Å². The Morgan fingerprint density at radius 2 is 1.96 bits per heavy atom. The van der Waals surface area contributed by atoms with Gasteiger partial charge >= 0.3 is 0 Å². The Balaban J connectivity index is 0.00000729. The highest BCUT2D eigenvalue weighted by Gasteiger charge is 2.10. The summed E-state index contributed by atoms with van der Waals surface area (Å²) in [5.74, 6) is 1.48. The highest BCUT2D eigenvalue weighted by molar-refractivity contribution is 14.0. The van der Waals surface area contributed by atoms with Crippen molar-refractivity contribution >= 4 is 29.9 Å². The van der Waals surface area contributed by atoms with Gasteiger partial charge in [-0.05, 0) is 64.0 Å². The summed E-state index contributed by atoms with van der Waals surface area (Å²) < 4.78 is 5.22. The fraction of sp³-hybridized carbons (Fsp3) is 0.667. The summed E-state index contributed by atoms with van der Waals surface area (Å²) in [6.45, 7) is 13.0. The maximum absolute atomic E-state index is 10.4. The van der Waals surface area contributed by atoms with Gasteiger partial charge in [0, 0.05) is 12.6 Å². The van der Waals surface area contributed by atoms with Gasteiger partial charge in [-0.3, -0.25) is 4.99 Å². The van der Waals surface area contributed by atoms with E-state index in [4.69, 9.17) is 4.74 Å². The number of methoxy groups -OCH3 is 1. The molecular weight excluding hydrogens is 467 g/mol. The van der Waals surface area contributed by atoms with Gasteiger partial charge in [0.15, 0.2) is 5.96 Å². The Morgan fingerprint density at radius 1 is 1.25 bits per heavy atom. The molecule has 28 heavy (non-hydrogen) atoms. The topological polar surface area (TPSA) is 69.1 Å². The summed E-state index contributed by atoms with van der Waals surface area (Å²) >= 11 is 0. The monoisotopic (exact) mass is 506 g/mol. The minimum atomic E-state index is -0.659. The first-order valence-corrected chi connectivity index (χ1v) is 10.1. The molecule has 1 aromatic rings. The van der Waals surface area contributed by atoms with Crippen LogP contribution in [0.25, 0.3) is 0 Å². The molecular formula is C21H39IN4O2. The van der Waals surface area contributed by atoms with Crippen LogP contribution in [0, 0.1) is 0 Å². The number of hydrogen-bond acceptors (Lipinski definition) is 4. The average Bonchev–Trinajstić information content (AvgIpc) is 2.69. The first kappa shape index (κ1) is 26.9. The van der Waals surface area contributed by atoms with Gasteiger partial charge in [0.2, 0.25) is 0 Å². The zero-order valence-corrected chi connectivity index (χ0v) is 20.4. The molecule has 1 rings (SSSR count). The second-order valence-electron chi connectivity index (χ2n) is 6.73. The van der Waals surface area contributed by atoms with E-state index in [0.29, 0.717) is 12.6 Å². The van der Waals surface area contributed by atoms with Crippen LogP contribution in [0.5, 0.6) is 5.75 Å². The molecule has 6 nitrogen and oxygen atoms in total. The van der Waals surface area contributed by atoms with Gasteiger partial charge in [0.1, 0.15) is 5.75 Å². The molecule has 7 heteroatoms. The van der Waals surface area contributed by atoms with E-state index in [1.807, 2.05) is 31.2 Å². The molecule has 3 N–H and O–H groups in total. The van der Waals surface area contributed by atoms with Gasteiger partial charge in [-0.15, -0.1) is 24.0 Å². The van der Waals surface area contributed by atoms with Crippen molar-refractivity contribution in [3.05, 3.63) is 29.8 Å². The molecule has 0 amide bonds. The van der Waals surface area contributed by atoms with E-state index in [2.05, 4.69) is 41.3 Å². The predicted molar refractivity (Wildman–Crippen MR) is 129 cm³/mol. The van der Waals surface area contributed by atoms with Crippen LogP contribution in [0.2, 0.25) is 0 Å². The molecule has 0 aliphatic rings. The zero-order chi connectivity index (χ0) is 20.1. The zero-order valence-electron chi connectivity index (χ0n) is 18.1. The Kier molecular flexibility index (Phi) is 15.2. The number of guanidine groups is 1. The largest absolute Gasteiger partial charge is 0.497 e. The van der Waals surface area contributed by atoms with Crippen LogP contribution in [-0.4, -0.2) is 61.8 Å². The molecule has 0 aliphatic heterocycles. The molecule has 162 valence electrons. The first-order chi connectivity index (χ1) is 13.0. The number of aliphatic imine (C=N–C) groups is 1. The second kappa shape index (κ2) is 15.8. The number of nitrogens with zero attached hydrogens (tertiary/aromatic N) is 2. The molecule has 0 heterocycles. The quantitative estimate of drug-likeness (QED) is 0.230. The van der Waals surface area contributed by atoms with E-state index >= 15 is 0 Å². The van der Waals surface area contributed by atoms with E-state index < -0.39 is 6.10 Å². The SMILES string of the molecule is CCNC(=NCC(O)c1cccc(OC)c1)NC(C)CCCN(CC)CC.I. The molecule has 2 atom stereocenters. The van der Waals surface area contributed by atoms with Crippen LogP contribution in [0.15, 0.2) is 29.3 Å². The molecule has 1 aromatic carbocycles. The molecule has 0 bridgehead atoms.